The van der Waals surface area contributed by atoms with Crippen molar-refractivity contribution in [3.63, 3.8) is 0 Å². The van der Waals surface area contributed by atoms with Gasteiger partial charge in [-0.2, -0.15) is 5.26 Å². The van der Waals surface area contributed by atoms with Crippen molar-refractivity contribution >= 4 is 27.5 Å². The molecule has 0 amide bonds. The Morgan fingerprint density at radius 3 is 2.81 bits per heavy atom. The maximum atomic E-state index is 8.87. The molecular formula is C12H14BrClN2. The summed E-state index contributed by atoms with van der Waals surface area (Å²) in [7, 11) is 0. The predicted octanol–water partition coefficient (Wildman–Crippen LogP) is 3.74. The van der Waals surface area contributed by atoms with Crippen molar-refractivity contribution < 1.29 is 0 Å². The molecule has 0 fully saturated rings. The summed E-state index contributed by atoms with van der Waals surface area (Å²) in [4.78, 5) is 0. The molecule has 0 aliphatic rings. The number of hydrogen-bond donors (Lipinski definition) is 1. The molecule has 1 aromatic rings. The van der Waals surface area contributed by atoms with Gasteiger partial charge in [-0.15, -0.1) is 0 Å². The van der Waals surface area contributed by atoms with Gasteiger partial charge in [0.05, 0.1) is 11.5 Å². The van der Waals surface area contributed by atoms with Crippen LogP contribution in [0, 0.1) is 16.7 Å². The van der Waals surface area contributed by atoms with Gasteiger partial charge in [-0.25, -0.2) is 0 Å². The number of rotatable bonds is 4. The Bertz CT molecular complexity index is 410. The van der Waals surface area contributed by atoms with Crippen molar-refractivity contribution in [2.24, 2.45) is 5.41 Å². The van der Waals surface area contributed by atoms with Crippen molar-refractivity contribution in [2.45, 2.75) is 20.4 Å². The number of nitrogens with zero attached hydrogens (tertiary/aromatic N) is 1. The van der Waals surface area contributed by atoms with Crippen LogP contribution >= 0.6 is 27.5 Å². The summed E-state index contributed by atoms with van der Waals surface area (Å²) in [6, 6.07) is 8.00. The van der Waals surface area contributed by atoms with Gasteiger partial charge in [0.25, 0.3) is 0 Å². The van der Waals surface area contributed by atoms with Gasteiger partial charge in [-0.3, -0.25) is 0 Å². The van der Waals surface area contributed by atoms with Crippen molar-refractivity contribution in [1.29, 1.82) is 5.26 Å². The van der Waals surface area contributed by atoms with E-state index in [0.717, 1.165) is 15.1 Å². The van der Waals surface area contributed by atoms with Crippen molar-refractivity contribution in [2.75, 3.05) is 6.54 Å². The van der Waals surface area contributed by atoms with E-state index in [2.05, 4.69) is 27.3 Å². The molecule has 0 spiro atoms. The van der Waals surface area contributed by atoms with Gasteiger partial charge < -0.3 is 5.32 Å². The van der Waals surface area contributed by atoms with Gasteiger partial charge in [0.15, 0.2) is 0 Å². The highest BCUT2D eigenvalue weighted by Crippen LogP contribution is 2.21. The second-order valence-electron chi connectivity index (χ2n) is 4.33. The lowest BCUT2D eigenvalue weighted by molar-refractivity contribution is 0.445. The van der Waals surface area contributed by atoms with Crippen LogP contribution in [0.2, 0.25) is 5.02 Å². The number of nitrogens with one attached hydrogen (secondary N) is 1. The molecule has 0 bridgehead atoms. The molecule has 16 heavy (non-hydrogen) atoms. The van der Waals surface area contributed by atoms with E-state index in [1.165, 1.54) is 0 Å². The van der Waals surface area contributed by atoms with Crippen LogP contribution in [0.4, 0.5) is 0 Å². The number of halogens is 2. The fourth-order valence-electron chi connectivity index (χ4n) is 1.23. The maximum absolute atomic E-state index is 8.87. The second-order valence-corrected chi connectivity index (χ2v) is 5.66. The van der Waals surface area contributed by atoms with Crippen molar-refractivity contribution in [3.05, 3.63) is 33.3 Å². The molecule has 0 aromatic heterocycles. The second kappa shape index (κ2) is 5.67. The molecule has 0 saturated carbocycles. The van der Waals surface area contributed by atoms with Gasteiger partial charge in [-0.05, 0) is 37.6 Å². The van der Waals surface area contributed by atoms with Crippen LogP contribution in [0.25, 0.3) is 0 Å². The van der Waals surface area contributed by atoms with E-state index >= 15 is 0 Å². The summed E-state index contributed by atoms with van der Waals surface area (Å²) in [5, 5.41) is 12.8. The van der Waals surface area contributed by atoms with Gasteiger partial charge in [0.1, 0.15) is 0 Å². The summed E-state index contributed by atoms with van der Waals surface area (Å²) in [5.74, 6) is 0. The van der Waals surface area contributed by atoms with E-state index in [4.69, 9.17) is 16.9 Å². The predicted molar refractivity (Wildman–Crippen MR) is 70.3 cm³/mol. The summed E-state index contributed by atoms with van der Waals surface area (Å²) in [6.45, 7) is 5.13. The zero-order valence-electron chi connectivity index (χ0n) is 9.35. The summed E-state index contributed by atoms with van der Waals surface area (Å²) in [5.41, 5.74) is 0.683. The lowest BCUT2D eigenvalue weighted by Crippen LogP contribution is -2.27. The third-order valence-electron chi connectivity index (χ3n) is 2.19. The molecule has 0 heterocycles. The first kappa shape index (κ1) is 13.5. The summed E-state index contributed by atoms with van der Waals surface area (Å²) < 4.78 is 1.01. The van der Waals surface area contributed by atoms with Crippen LogP contribution in [-0.2, 0) is 6.54 Å². The van der Waals surface area contributed by atoms with Crippen LogP contribution < -0.4 is 5.32 Å². The molecule has 0 radical (unpaired) electrons. The van der Waals surface area contributed by atoms with Gasteiger partial charge >= 0.3 is 0 Å². The monoisotopic (exact) mass is 300 g/mol. The minimum absolute atomic E-state index is 0.349. The Balaban J connectivity index is 2.56. The van der Waals surface area contributed by atoms with Crippen LogP contribution in [0.3, 0.4) is 0 Å². The minimum Gasteiger partial charge on any atom is -0.311 e. The SMILES string of the molecule is CC(C)(C#N)CNCc1cc(Br)ccc1Cl. The first-order valence-corrected chi connectivity index (χ1v) is 6.17. The Labute approximate surface area is 110 Å². The van der Waals surface area contributed by atoms with Crippen LogP contribution in [0.5, 0.6) is 0 Å². The molecule has 0 saturated heterocycles. The highest BCUT2D eigenvalue weighted by Gasteiger charge is 2.15. The molecule has 0 unspecified atom stereocenters. The molecule has 4 heteroatoms. The van der Waals surface area contributed by atoms with Crippen LogP contribution in [-0.4, -0.2) is 6.54 Å². The molecule has 1 rings (SSSR count). The van der Waals surface area contributed by atoms with Crippen molar-refractivity contribution in [3.8, 4) is 6.07 Å². The highest BCUT2D eigenvalue weighted by molar-refractivity contribution is 9.10. The highest BCUT2D eigenvalue weighted by atomic mass is 79.9. The average Bonchev–Trinajstić information content (AvgIpc) is 2.23. The van der Waals surface area contributed by atoms with E-state index in [1.807, 2.05) is 32.0 Å². The fraction of sp³-hybridized carbons (Fsp3) is 0.417. The van der Waals surface area contributed by atoms with E-state index in [9.17, 15) is 0 Å². The molecule has 0 atom stereocenters. The zero-order chi connectivity index (χ0) is 12.2. The standard InChI is InChI=1S/C12H14BrClN2/c1-12(2,7-15)8-16-6-9-5-10(13)3-4-11(9)14/h3-5,16H,6,8H2,1-2H3. The fourth-order valence-corrected chi connectivity index (χ4v) is 1.82. The Morgan fingerprint density at radius 2 is 2.19 bits per heavy atom. The molecule has 1 aromatic carbocycles. The average molecular weight is 302 g/mol. The molecular weight excluding hydrogens is 288 g/mol. The first-order chi connectivity index (χ1) is 7.44. The van der Waals surface area contributed by atoms with Gasteiger partial charge in [0.2, 0.25) is 0 Å². The smallest absolute Gasteiger partial charge is 0.0697 e. The van der Waals surface area contributed by atoms with Crippen molar-refractivity contribution in [1.82, 2.24) is 5.32 Å². The number of hydrogen-bond acceptors (Lipinski definition) is 2. The Morgan fingerprint density at radius 1 is 1.50 bits per heavy atom. The molecule has 1 N–H and O–H groups in total. The van der Waals surface area contributed by atoms with E-state index < -0.39 is 0 Å². The number of nitriles is 1. The number of benzene rings is 1. The van der Waals surface area contributed by atoms with E-state index in [-0.39, 0.29) is 5.41 Å². The lowest BCUT2D eigenvalue weighted by Gasteiger charge is -2.16. The molecule has 86 valence electrons. The van der Waals surface area contributed by atoms with E-state index in [1.54, 1.807) is 0 Å². The minimum atomic E-state index is -0.349. The third-order valence-corrected chi connectivity index (χ3v) is 3.05. The zero-order valence-corrected chi connectivity index (χ0v) is 11.7. The van der Waals surface area contributed by atoms with Gasteiger partial charge in [0, 0.05) is 22.6 Å². The molecule has 2 nitrogen and oxygen atoms in total. The van der Waals surface area contributed by atoms with E-state index in [0.29, 0.717) is 13.1 Å². The van der Waals surface area contributed by atoms with Gasteiger partial charge in [-0.1, -0.05) is 27.5 Å². The van der Waals surface area contributed by atoms with Crippen LogP contribution in [0.15, 0.2) is 22.7 Å². The summed E-state index contributed by atoms with van der Waals surface area (Å²) >= 11 is 9.46. The molecule has 0 aliphatic heterocycles. The Hall–Kier alpha value is -0.560. The quantitative estimate of drug-likeness (QED) is 0.919. The molecule has 0 aliphatic carbocycles. The lowest BCUT2D eigenvalue weighted by atomic mass is 9.96. The summed E-state index contributed by atoms with van der Waals surface area (Å²) in [6.07, 6.45) is 0. The third kappa shape index (κ3) is 4.13. The normalized spacial score (nSPS) is 11.2. The maximum Gasteiger partial charge on any atom is 0.0697 e. The topological polar surface area (TPSA) is 35.8 Å². The Kier molecular flexibility index (Phi) is 4.79. The van der Waals surface area contributed by atoms with Crippen LogP contribution in [0.1, 0.15) is 19.4 Å². The first-order valence-electron chi connectivity index (χ1n) is 5.00. The largest absolute Gasteiger partial charge is 0.311 e.